The highest BCUT2D eigenvalue weighted by Crippen LogP contribution is 2.36. The van der Waals surface area contributed by atoms with Crippen LogP contribution in [0.15, 0.2) is 54.1 Å². The highest BCUT2D eigenvalue weighted by Gasteiger charge is 2.40. The van der Waals surface area contributed by atoms with Gasteiger partial charge in [-0.05, 0) is 47.7 Å². The minimum Gasteiger partial charge on any atom is -0.379 e. The largest absolute Gasteiger partial charge is 0.379 e. The molecule has 0 bridgehead atoms. The summed E-state index contributed by atoms with van der Waals surface area (Å²) in [7, 11) is 0. The topological polar surface area (TPSA) is 66.9 Å². The van der Waals surface area contributed by atoms with Crippen molar-refractivity contribution in [3.63, 3.8) is 0 Å². The van der Waals surface area contributed by atoms with Crippen molar-refractivity contribution in [3.8, 4) is 0 Å². The molecule has 35 heavy (non-hydrogen) atoms. The standard InChI is InChI=1S/C28H31ClN2O4/c1-19(2)16-24(32)18-25-26(21-4-3-5-22(29)17-21)28(34)31(27(25)33)23-8-6-20(7-9-23)10-11-30-12-14-35-15-13-30/h3-9,17,19H,10-16,18H2,1-2H3. The van der Waals surface area contributed by atoms with Gasteiger partial charge in [-0.3, -0.25) is 19.3 Å². The lowest BCUT2D eigenvalue weighted by atomic mass is 9.95. The molecule has 6 nitrogen and oxygen atoms in total. The third-order valence-electron chi connectivity index (χ3n) is 6.32. The third-order valence-corrected chi connectivity index (χ3v) is 6.55. The number of benzene rings is 2. The fourth-order valence-electron chi connectivity index (χ4n) is 4.56. The van der Waals surface area contributed by atoms with Gasteiger partial charge in [0.2, 0.25) is 0 Å². The number of hydrogen-bond acceptors (Lipinski definition) is 5. The first-order chi connectivity index (χ1) is 16.8. The highest BCUT2D eigenvalue weighted by molar-refractivity contribution is 6.46. The van der Waals surface area contributed by atoms with Crippen LogP contribution in [0.5, 0.6) is 0 Å². The quantitative estimate of drug-likeness (QED) is 0.478. The van der Waals surface area contributed by atoms with Crippen molar-refractivity contribution in [2.75, 3.05) is 37.7 Å². The maximum absolute atomic E-state index is 13.5. The summed E-state index contributed by atoms with van der Waals surface area (Å²) in [6, 6.07) is 14.4. The molecule has 0 aromatic heterocycles. The number of carbonyl (C=O) groups excluding carboxylic acids is 3. The Kier molecular flexibility index (Phi) is 8.16. The molecule has 0 saturated carbocycles. The maximum atomic E-state index is 13.5. The first-order valence-electron chi connectivity index (χ1n) is 12.1. The SMILES string of the molecule is CC(C)CC(=O)CC1=C(c2cccc(Cl)c2)C(=O)N(c2ccc(CCN3CCOCC3)cc2)C1=O. The molecule has 0 radical (unpaired) electrons. The van der Waals surface area contributed by atoms with E-state index >= 15 is 0 Å². The minimum atomic E-state index is -0.442. The smallest absolute Gasteiger partial charge is 0.266 e. The van der Waals surface area contributed by atoms with E-state index < -0.39 is 11.8 Å². The number of Topliss-reactive ketones (excluding diaryl/α,β-unsaturated/α-hetero) is 1. The Labute approximate surface area is 211 Å². The first-order valence-corrected chi connectivity index (χ1v) is 12.5. The van der Waals surface area contributed by atoms with Crippen LogP contribution in [0.3, 0.4) is 0 Å². The first kappa shape index (κ1) is 25.3. The van der Waals surface area contributed by atoms with Gasteiger partial charge in [-0.2, -0.15) is 0 Å². The number of anilines is 1. The Morgan fingerprint density at radius 3 is 2.40 bits per heavy atom. The Balaban J connectivity index is 1.56. The number of halogens is 1. The predicted octanol–water partition coefficient (Wildman–Crippen LogP) is 4.55. The van der Waals surface area contributed by atoms with Crippen LogP contribution in [0.4, 0.5) is 5.69 Å². The van der Waals surface area contributed by atoms with E-state index in [-0.39, 0.29) is 29.3 Å². The number of ether oxygens (including phenoxy) is 1. The van der Waals surface area contributed by atoms with Crippen LogP contribution in [-0.2, 0) is 25.5 Å². The zero-order chi connectivity index (χ0) is 24.9. The van der Waals surface area contributed by atoms with E-state index in [2.05, 4.69) is 4.90 Å². The van der Waals surface area contributed by atoms with E-state index in [9.17, 15) is 14.4 Å². The molecular weight excluding hydrogens is 464 g/mol. The van der Waals surface area contributed by atoms with Gasteiger partial charge in [0, 0.05) is 43.1 Å². The summed E-state index contributed by atoms with van der Waals surface area (Å²) >= 11 is 6.18. The Bertz CT molecular complexity index is 1130. The monoisotopic (exact) mass is 494 g/mol. The van der Waals surface area contributed by atoms with Crippen molar-refractivity contribution in [2.45, 2.75) is 33.1 Å². The molecule has 0 unspecified atom stereocenters. The van der Waals surface area contributed by atoms with Crippen LogP contribution >= 0.6 is 11.6 Å². The van der Waals surface area contributed by atoms with Crippen molar-refractivity contribution in [1.82, 2.24) is 4.90 Å². The molecule has 0 atom stereocenters. The maximum Gasteiger partial charge on any atom is 0.266 e. The molecule has 2 aromatic rings. The molecule has 1 saturated heterocycles. The molecule has 2 aliphatic rings. The fourth-order valence-corrected chi connectivity index (χ4v) is 4.75. The van der Waals surface area contributed by atoms with Crippen LogP contribution in [0.1, 0.15) is 37.8 Å². The highest BCUT2D eigenvalue weighted by atomic mass is 35.5. The number of nitrogens with zero attached hydrogens (tertiary/aromatic N) is 2. The fraction of sp³-hybridized carbons (Fsp3) is 0.393. The van der Waals surface area contributed by atoms with Gasteiger partial charge in [-0.25, -0.2) is 4.90 Å². The summed E-state index contributed by atoms with van der Waals surface area (Å²) in [5.74, 6) is -0.754. The molecular formula is C28H31ClN2O4. The van der Waals surface area contributed by atoms with Crippen molar-refractivity contribution < 1.29 is 19.1 Å². The van der Waals surface area contributed by atoms with Crippen molar-refractivity contribution in [1.29, 1.82) is 0 Å². The minimum absolute atomic E-state index is 0.0593. The number of amides is 2. The summed E-state index contributed by atoms with van der Waals surface area (Å²) in [4.78, 5) is 43.2. The van der Waals surface area contributed by atoms with Crippen LogP contribution in [0, 0.1) is 5.92 Å². The number of hydrogen-bond donors (Lipinski definition) is 0. The second-order valence-corrected chi connectivity index (χ2v) is 9.93. The summed E-state index contributed by atoms with van der Waals surface area (Å²) < 4.78 is 5.40. The van der Waals surface area contributed by atoms with Gasteiger partial charge in [0.15, 0.2) is 0 Å². The van der Waals surface area contributed by atoms with Gasteiger partial charge in [0.1, 0.15) is 5.78 Å². The van der Waals surface area contributed by atoms with Crippen molar-refractivity contribution in [2.24, 2.45) is 5.92 Å². The molecule has 0 aliphatic carbocycles. The summed E-state index contributed by atoms with van der Waals surface area (Å²) in [6.45, 7) is 8.25. The summed E-state index contributed by atoms with van der Waals surface area (Å²) in [5, 5.41) is 0.464. The van der Waals surface area contributed by atoms with Gasteiger partial charge < -0.3 is 4.74 Å². The van der Waals surface area contributed by atoms with E-state index in [1.54, 1.807) is 36.4 Å². The van der Waals surface area contributed by atoms with Gasteiger partial charge in [-0.15, -0.1) is 0 Å². The predicted molar refractivity (Wildman–Crippen MR) is 137 cm³/mol. The van der Waals surface area contributed by atoms with Gasteiger partial charge in [0.25, 0.3) is 11.8 Å². The molecule has 2 amide bonds. The van der Waals surface area contributed by atoms with Crippen LogP contribution < -0.4 is 4.90 Å². The molecule has 7 heteroatoms. The average molecular weight is 495 g/mol. The van der Waals surface area contributed by atoms with Crippen LogP contribution in [-0.4, -0.2) is 55.3 Å². The molecule has 2 aliphatic heterocycles. The summed E-state index contributed by atoms with van der Waals surface area (Å²) in [6.07, 6.45) is 1.16. The van der Waals surface area contributed by atoms with Crippen molar-refractivity contribution in [3.05, 3.63) is 70.3 Å². The van der Waals surface area contributed by atoms with E-state index in [0.29, 0.717) is 22.7 Å². The number of carbonyl (C=O) groups is 3. The Hall–Kier alpha value is -2.80. The summed E-state index contributed by atoms with van der Waals surface area (Å²) in [5.41, 5.74) is 2.67. The second kappa shape index (κ2) is 11.3. The molecule has 2 heterocycles. The molecule has 0 spiro atoms. The van der Waals surface area contributed by atoms with Gasteiger partial charge in [0.05, 0.1) is 24.5 Å². The molecule has 1 fully saturated rings. The lowest BCUT2D eigenvalue weighted by Crippen LogP contribution is -2.37. The average Bonchev–Trinajstić information content (AvgIpc) is 3.07. The van der Waals surface area contributed by atoms with Crippen LogP contribution in [0.25, 0.3) is 5.57 Å². The lowest BCUT2D eigenvalue weighted by Gasteiger charge is -2.26. The molecule has 4 rings (SSSR count). The number of imide groups is 1. The van der Waals surface area contributed by atoms with Gasteiger partial charge in [-0.1, -0.05) is 49.7 Å². The van der Waals surface area contributed by atoms with E-state index in [1.165, 1.54) is 4.90 Å². The second-order valence-electron chi connectivity index (χ2n) is 9.49. The Morgan fingerprint density at radius 2 is 1.74 bits per heavy atom. The van der Waals surface area contributed by atoms with E-state index in [1.807, 2.05) is 26.0 Å². The lowest BCUT2D eigenvalue weighted by molar-refractivity contribution is -0.123. The van der Waals surface area contributed by atoms with Gasteiger partial charge >= 0.3 is 0 Å². The third kappa shape index (κ3) is 6.07. The van der Waals surface area contributed by atoms with E-state index in [4.69, 9.17) is 16.3 Å². The Morgan fingerprint density at radius 1 is 1.03 bits per heavy atom. The number of rotatable bonds is 9. The molecule has 0 N–H and O–H groups in total. The molecule has 184 valence electrons. The zero-order valence-electron chi connectivity index (χ0n) is 20.3. The number of morpholine rings is 1. The molecule has 2 aromatic carbocycles. The normalized spacial score (nSPS) is 17.1. The number of ketones is 1. The zero-order valence-corrected chi connectivity index (χ0v) is 21.0. The van der Waals surface area contributed by atoms with Crippen molar-refractivity contribution >= 4 is 40.5 Å². The van der Waals surface area contributed by atoms with Crippen LogP contribution in [0.2, 0.25) is 5.02 Å². The van der Waals surface area contributed by atoms with E-state index in [0.717, 1.165) is 44.8 Å².